The number of rotatable bonds is 6. The summed E-state index contributed by atoms with van der Waals surface area (Å²) in [6.07, 6.45) is -5.05. The van der Waals surface area contributed by atoms with Crippen LogP contribution in [-0.4, -0.2) is 29.2 Å². The summed E-state index contributed by atoms with van der Waals surface area (Å²) in [5.41, 5.74) is 0.735. The Bertz CT molecular complexity index is 444. The van der Waals surface area contributed by atoms with Crippen LogP contribution in [0.25, 0.3) is 0 Å². The van der Waals surface area contributed by atoms with Gasteiger partial charge in [0.05, 0.1) is 6.42 Å². The molecule has 0 aliphatic rings. The number of anilines is 2. The Labute approximate surface area is 117 Å². The minimum Gasteiger partial charge on any atom is -0.370 e. The van der Waals surface area contributed by atoms with Crippen LogP contribution < -0.4 is 10.6 Å². The monoisotopic (exact) mass is 290 g/mol. The third-order valence-electron chi connectivity index (χ3n) is 2.72. The fraction of sp³-hybridized carbons (Fsp3) is 0.692. The van der Waals surface area contributed by atoms with Crippen molar-refractivity contribution in [3.63, 3.8) is 0 Å². The van der Waals surface area contributed by atoms with Crippen molar-refractivity contribution in [1.82, 2.24) is 9.97 Å². The number of alkyl halides is 3. The maximum Gasteiger partial charge on any atom is 0.390 e. The van der Waals surface area contributed by atoms with Gasteiger partial charge in [-0.25, -0.2) is 9.97 Å². The highest BCUT2D eigenvalue weighted by Crippen LogP contribution is 2.24. The highest BCUT2D eigenvalue weighted by Gasteiger charge is 2.26. The first kappa shape index (κ1) is 16.5. The minimum atomic E-state index is -4.17. The second kappa shape index (κ2) is 6.76. The summed E-state index contributed by atoms with van der Waals surface area (Å²) < 4.78 is 36.5. The predicted octanol–water partition coefficient (Wildman–Crippen LogP) is 3.70. The van der Waals surface area contributed by atoms with Crippen molar-refractivity contribution in [2.75, 3.05) is 23.7 Å². The summed E-state index contributed by atoms with van der Waals surface area (Å²) in [4.78, 5) is 8.70. The van der Waals surface area contributed by atoms with E-state index in [1.165, 1.54) is 0 Å². The average molecular weight is 290 g/mol. The molecule has 1 aromatic heterocycles. The molecule has 0 aliphatic heterocycles. The molecule has 0 atom stereocenters. The Morgan fingerprint density at radius 2 is 1.65 bits per heavy atom. The fourth-order valence-corrected chi connectivity index (χ4v) is 1.63. The van der Waals surface area contributed by atoms with Gasteiger partial charge in [0.2, 0.25) is 0 Å². The molecule has 0 saturated carbocycles. The molecule has 4 nitrogen and oxygen atoms in total. The van der Waals surface area contributed by atoms with E-state index in [1.54, 1.807) is 6.92 Å². The molecule has 0 aliphatic carbocycles. The Morgan fingerprint density at radius 3 is 2.10 bits per heavy atom. The molecule has 0 aromatic carbocycles. The second-order valence-corrected chi connectivity index (χ2v) is 4.88. The van der Waals surface area contributed by atoms with Gasteiger partial charge < -0.3 is 10.6 Å². The van der Waals surface area contributed by atoms with Crippen molar-refractivity contribution in [3.8, 4) is 0 Å². The summed E-state index contributed by atoms with van der Waals surface area (Å²) in [6, 6.07) is 0. The zero-order valence-electron chi connectivity index (χ0n) is 12.2. The largest absolute Gasteiger partial charge is 0.390 e. The number of aromatic nitrogens is 2. The van der Waals surface area contributed by atoms with Crippen LogP contribution in [0, 0.1) is 6.92 Å². The lowest BCUT2D eigenvalue weighted by Crippen LogP contribution is -2.17. The van der Waals surface area contributed by atoms with Crippen LogP contribution in [-0.2, 0) is 0 Å². The van der Waals surface area contributed by atoms with Gasteiger partial charge in [0.1, 0.15) is 17.5 Å². The van der Waals surface area contributed by atoms with Crippen molar-refractivity contribution in [1.29, 1.82) is 0 Å². The summed E-state index contributed by atoms with van der Waals surface area (Å²) in [5, 5.41) is 5.86. The molecule has 20 heavy (non-hydrogen) atoms. The van der Waals surface area contributed by atoms with Gasteiger partial charge in [0, 0.05) is 24.6 Å². The first-order valence-electron chi connectivity index (χ1n) is 6.67. The van der Waals surface area contributed by atoms with Crippen molar-refractivity contribution in [3.05, 3.63) is 11.4 Å². The molecule has 0 bridgehead atoms. The van der Waals surface area contributed by atoms with Gasteiger partial charge in [-0.2, -0.15) is 13.2 Å². The van der Waals surface area contributed by atoms with Gasteiger partial charge in [-0.3, -0.25) is 0 Å². The predicted molar refractivity (Wildman–Crippen MR) is 74.2 cm³/mol. The number of hydrogen-bond donors (Lipinski definition) is 2. The van der Waals surface area contributed by atoms with E-state index in [4.69, 9.17) is 0 Å². The van der Waals surface area contributed by atoms with Crippen LogP contribution in [0.5, 0.6) is 0 Å². The summed E-state index contributed by atoms with van der Waals surface area (Å²) in [6.45, 7) is 8.12. The lowest BCUT2D eigenvalue weighted by molar-refractivity contribution is -0.131. The zero-order valence-corrected chi connectivity index (χ0v) is 12.2. The average Bonchev–Trinajstić information content (AvgIpc) is 2.32. The maximum atomic E-state index is 12.2. The first-order chi connectivity index (χ1) is 9.24. The zero-order chi connectivity index (χ0) is 15.3. The van der Waals surface area contributed by atoms with E-state index in [9.17, 15) is 13.2 Å². The molecule has 0 radical (unpaired) electrons. The van der Waals surface area contributed by atoms with E-state index < -0.39 is 12.6 Å². The normalized spacial score (nSPS) is 11.8. The van der Waals surface area contributed by atoms with Gasteiger partial charge in [-0.15, -0.1) is 0 Å². The van der Waals surface area contributed by atoms with Crippen molar-refractivity contribution in [2.24, 2.45) is 0 Å². The molecule has 0 spiro atoms. The van der Waals surface area contributed by atoms with Crippen LogP contribution in [0.3, 0.4) is 0 Å². The molecule has 1 aromatic rings. The third-order valence-corrected chi connectivity index (χ3v) is 2.72. The van der Waals surface area contributed by atoms with Gasteiger partial charge >= 0.3 is 6.18 Å². The van der Waals surface area contributed by atoms with Gasteiger partial charge in [-0.05, 0) is 13.8 Å². The van der Waals surface area contributed by atoms with Crippen LogP contribution in [0.4, 0.5) is 24.8 Å². The second-order valence-electron chi connectivity index (χ2n) is 4.88. The number of nitrogens with one attached hydrogen (secondary N) is 2. The molecular formula is C13H21F3N4. The number of nitrogens with zero attached hydrogens (tertiary/aromatic N) is 2. The number of hydrogen-bond acceptors (Lipinski definition) is 4. The van der Waals surface area contributed by atoms with E-state index in [1.807, 2.05) is 20.8 Å². The molecule has 0 unspecified atom stereocenters. The van der Waals surface area contributed by atoms with E-state index in [0.29, 0.717) is 24.0 Å². The fourth-order valence-electron chi connectivity index (χ4n) is 1.63. The van der Waals surface area contributed by atoms with E-state index >= 15 is 0 Å². The van der Waals surface area contributed by atoms with E-state index in [2.05, 4.69) is 20.6 Å². The molecule has 0 saturated heterocycles. The lowest BCUT2D eigenvalue weighted by atomic mass is 10.2. The summed E-state index contributed by atoms with van der Waals surface area (Å²) in [5.74, 6) is 1.85. The highest BCUT2D eigenvalue weighted by molar-refractivity contribution is 5.57. The molecule has 0 amide bonds. The molecule has 1 rings (SSSR count). The quantitative estimate of drug-likeness (QED) is 0.838. The molecular weight excluding hydrogens is 269 g/mol. The molecule has 0 fully saturated rings. The summed E-state index contributed by atoms with van der Waals surface area (Å²) in [7, 11) is 0. The Hall–Kier alpha value is -1.53. The topological polar surface area (TPSA) is 49.8 Å². The maximum absolute atomic E-state index is 12.2. The summed E-state index contributed by atoms with van der Waals surface area (Å²) >= 11 is 0. The SMILES string of the molecule is CCNc1nc(C(C)C)nc(NCCC(F)(F)F)c1C. The standard InChI is InChI=1S/C13H21F3N4/c1-5-17-11-9(4)12(18-7-6-13(14,15)16)20-10(19-11)8(2)3/h8H,5-7H2,1-4H3,(H2,17,18,19,20). The third kappa shape index (κ3) is 4.86. The van der Waals surface area contributed by atoms with Crippen LogP contribution in [0.1, 0.15) is 44.5 Å². The lowest BCUT2D eigenvalue weighted by Gasteiger charge is -2.16. The van der Waals surface area contributed by atoms with Gasteiger partial charge in [-0.1, -0.05) is 13.8 Å². The van der Waals surface area contributed by atoms with Crippen LogP contribution in [0.15, 0.2) is 0 Å². The smallest absolute Gasteiger partial charge is 0.370 e. The van der Waals surface area contributed by atoms with E-state index in [-0.39, 0.29) is 12.5 Å². The van der Waals surface area contributed by atoms with Crippen molar-refractivity contribution < 1.29 is 13.2 Å². The Morgan fingerprint density at radius 1 is 1.10 bits per heavy atom. The number of halogens is 3. The highest BCUT2D eigenvalue weighted by atomic mass is 19.4. The first-order valence-corrected chi connectivity index (χ1v) is 6.67. The van der Waals surface area contributed by atoms with Gasteiger partial charge in [0.15, 0.2) is 0 Å². The van der Waals surface area contributed by atoms with Crippen LogP contribution >= 0.6 is 0 Å². The van der Waals surface area contributed by atoms with E-state index in [0.717, 1.165) is 5.56 Å². The Kier molecular flexibility index (Phi) is 5.59. The molecule has 1 heterocycles. The van der Waals surface area contributed by atoms with Crippen molar-refractivity contribution >= 4 is 11.6 Å². The molecule has 7 heteroatoms. The minimum absolute atomic E-state index is 0.108. The van der Waals surface area contributed by atoms with Gasteiger partial charge in [0.25, 0.3) is 0 Å². The molecule has 114 valence electrons. The van der Waals surface area contributed by atoms with Crippen molar-refractivity contribution in [2.45, 2.75) is 46.2 Å². The molecule has 2 N–H and O–H groups in total. The Balaban J connectivity index is 2.92. The van der Waals surface area contributed by atoms with Crippen LogP contribution in [0.2, 0.25) is 0 Å².